The third kappa shape index (κ3) is 10.5. The molecule has 1 aliphatic carbocycles. The summed E-state index contributed by atoms with van der Waals surface area (Å²) in [5.41, 5.74) is 4.67. The summed E-state index contributed by atoms with van der Waals surface area (Å²) >= 11 is 0. The van der Waals surface area contributed by atoms with Crippen molar-refractivity contribution in [1.29, 1.82) is 0 Å². The van der Waals surface area contributed by atoms with Gasteiger partial charge in [0.1, 0.15) is 0 Å². The van der Waals surface area contributed by atoms with Crippen molar-refractivity contribution in [2.75, 3.05) is 49.4 Å². The summed E-state index contributed by atoms with van der Waals surface area (Å²) in [6.45, 7) is 7.48. The van der Waals surface area contributed by atoms with Crippen LogP contribution in [0, 0.1) is 5.92 Å². The molecule has 4 aromatic rings. The molecular weight excluding hydrogens is 745 g/mol. The zero-order valence-electron chi connectivity index (χ0n) is 33.2. The van der Waals surface area contributed by atoms with E-state index in [0.29, 0.717) is 50.0 Å². The van der Waals surface area contributed by atoms with E-state index in [1.54, 1.807) is 31.2 Å². The number of carbonyl (C=O) groups is 4. The van der Waals surface area contributed by atoms with Crippen molar-refractivity contribution in [3.8, 4) is 0 Å². The summed E-state index contributed by atoms with van der Waals surface area (Å²) in [4.78, 5) is 53.5. The molecule has 5 rings (SSSR count). The predicted molar refractivity (Wildman–Crippen MR) is 221 cm³/mol. The van der Waals surface area contributed by atoms with E-state index >= 15 is 0 Å². The first-order chi connectivity index (χ1) is 27.4. The molecule has 0 heterocycles. The first-order valence-electron chi connectivity index (χ1n) is 19.4. The Kier molecular flexibility index (Phi) is 14.6. The highest BCUT2D eigenvalue weighted by Gasteiger charge is 2.35. The molecule has 2 N–H and O–H groups in total. The van der Waals surface area contributed by atoms with Gasteiger partial charge in [-0.15, -0.1) is 0 Å². The number of hydrogen-bond donors (Lipinski definition) is 2. The zero-order valence-corrected chi connectivity index (χ0v) is 34.1. The van der Waals surface area contributed by atoms with Gasteiger partial charge in [0.25, 0.3) is 11.8 Å². The molecule has 57 heavy (non-hydrogen) atoms. The first kappa shape index (κ1) is 42.6. The molecule has 12 nitrogen and oxygen atoms in total. The van der Waals surface area contributed by atoms with Gasteiger partial charge in [0.15, 0.2) is 0 Å². The van der Waals surface area contributed by atoms with Crippen LogP contribution in [-0.4, -0.2) is 76.4 Å². The molecule has 0 spiro atoms. The molecule has 1 aliphatic rings. The normalized spacial score (nSPS) is 15.4. The fraction of sp³-hybridized carbons (Fsp3) is 0.364. The Morgan fingerprint density at radius 3 is 1.89 bits per heavy atom. The van der Waals surface area contributed by atoms with Crippen LogP contribution in [0.25, 0.3) is 0 Å². The number of nitrogens with one attached hydrogen (secondary N) is 2. The number of carbonyl (C=O) groups excluding carboxylic acids is 4. The average Bonchev–Trinajstić information content (AvgIpc) is 3.24. The summed E-state index contributed by atoms with van der Waals surface area (Å²) < 4.78 is 39.0. The van der Waals surface area contributed by atoms with E-state index in [1.165, 1.54) is 42.8 Å². The fourth-order valence-corrected chi connectivity index (χ4v) is 9.04. The molecule has 0 saturated heterocycles. The molecular formula is C44H52N4O8S. The molecule has 4 aromatic carbocycles. The number of benzene rings is 4. The quantitative estimate of drug-likeness (QED) is 0.111. The zero-order chi connectivity index (χ0) is 41.1. The second-order valence-corrected chi connectivity index (χ2v) is 15.9. The van der Waals surface area contributed by atoms with Crippen molar-refractivity contribution in [3.05, 3.63) is 119 Å². The Morgan fingerprint density at radius 2 is 1.32 bits per heavy atom. The smallest absolute Gasteiger partial charge is 0.337 e. The minimum Gasteiger partial charge on any atom is -0.469 e. The predicted octanol–water partition coefficient (Wildman–Crippen LogP) is 7.35. The fourth-order valence-electron chi connectivity index (χ4n) is 7.30. The van der Waals surface area contributed by atoms with E-state index in [9.17, 15) is 27.6 Å². The maximum atomic E-state index is 13.9. The van der Waals surface area contributed by atoms with Crippen molar-refractivity contribution < 1.29 is 37.1 Å². The van der Waals surface area contributed by atoms with Crippen molar-refractivity contribution in [2.45, 2.75) is 70.2 Å². The number of methoxy groups -OCH3 is 2. The summed E-state index contributed by atoms with van der Waals surface area (Å²) in [7, 11) is -1.26. The van der Waals surface area contributed by atoms with E-state index < -0.39 is 21.8 Å². The van der Waals surface area contributed by atoms with Crippen LogP contribution in [0.3, 0.4) is 0 Å². The summed E-state index contributed by atoms with van der Waals surface area (Å²) in [5.74, 6) is -1.88. The molecule has 1 saturated carbocycles. The second-order valence-electron chi connectivity index (χ2n) is 14.0. The van der Waals surface area contributed by atoms with Gasteiger partial charge in [-0.1, -0.05) is 37.3 Å². The van der Waals surface area contributed by atoms with Crippen molar-refractivity contribution in [1.82, 2.24) is 4.31 Å². The third-order valence-electron chi connectivity index (χ3n) is 10.6. The maximum Gasteiger partial charge on any atom is 0.337 e. The van der Waals surface area contributed by atoms with Gasteiger partial charge < -0.3 is 25.0 Å². The number of aryl methyl sites for hydroxylation is 2. The van der Waals surface area contributed by atoms with Gasteiger partial charge in [-0.2, -0.15) is 4.31 Å². The highest BCUT2D eigenvalue weighted by molar-refractivity contribution is 7.89. The first-order valence-corrected chi connectivity index (χ1v) is 20.8. The molecule has 1 fully saturated rings. The summed E-state index contributed by atoms with van der Waals surface area (Å²) in [6, 6.07) is 25.8. The molecule has 0 radical (unpaired) electrons. The molecule has 0 bridgehead atoms. The van der Waals surface area contributed by atoms with Crippen LogP contribution in [0.1, 0.15) is 88.7 Å². The van der Waals surface area contributed by atoms with Gasteiger partial charge in [-0.3, -0.25) is 14.4 Å². The number of anilines is 3. The Hall–Kier alpha value is -5.53. The maximum absolute atomic E-state index is 13.9. The number of hydrogen-bond acceptors (Lipinski definition) is 9. The minimum atomic E-state index is -3.97. The van der Waals surface area contributed by atoms with Crippen LogP contribution >= 0.6 is 0 Å². The van der Waals surface area contributed by atoms with Crippen molar-refractivity contribution in [3.63, 3.8) is 0 Å². The lowest BCUT2D eigenvalue weighted by Crippen LogP contribution is -2.43. The number of ether oxygens (including phenoxy) is 2. The van der Waals surface area contributed by atoms with E-state index in [0.717, 1.165) is 29.7 Å². The number of sulfonamides is 1. The molecule has 13 heteroatoms. The summed E-state index contributed by atoms with van der Waals surface area (Å²) in [6.07, 6.45) is 3.65. The largest absolute Gasteiger partial charge is 0.469 e. The van der Waals surface area contributed by atoms with Crippen LogP contribution < -0.4 is 15.5 Å². The van der Waals surface area contributed by atoms with Crippen LogP contribution in [0.2, 0.25) is 0 Å². The Labute approximate surface area is 335 Å². The molecule has 0 aliphatic heterocycles. The average molecular weight is 797 g/mol. The number of rotatable bonds is 16. The number of amides is 2. The van der Waals surface area contributed by atoms with E-state index in [1.807, 2.05) is 56.3 Å². The van der Waals surface area contributed by atoms with Crippen LogP contribution in [0.5, 0.6) is 0 Å². The highest BCUT2D eigenvalue weighted by atomic mass is 32.2. The Morgan fingerprint density at radius 1 is 0.684 bits per heavy atom. The molecule has 0 unspecified atom stereocenters. The monoisotopic (exact) mass is 796 g/mol. The minimum absolute atomic E-state index is 0.0122. The number of esters is 2. The lowest BCUT2D eigenvalue weighted by atomic mass is 9.86. The standard InChI is InChI=1S/C44H52N4O8S/c1-6-47(7-2)37-26-27-40(39(29-37)42(50)45-35-22-16-31(17-23-35)13-12-30-14-18-32(19-15-30)43(51)55-4)46-41(49)34-10-9-11-38(28-34)57(53,54)48(8-3)36-24-20-33(21-25-36)44(52)56-5/h9-11,14-19,22-23,26-29,33,36H,6-8,12-13,20-21,24-25H2,1-5H3,(H,45,50)(H,46,49). The van der Waals surface area contributed by atoms with E-state index in [2.05, 4.69) is 15.5 Å². The highest BCUT2D eigenvalue weighted by Crippen LogP contribution is 2.32. The topological polar surface area (TPSA) is 151 Å². The second kappa shape index (κ2) is 19.6. The van der Waals surface area contributed by atoms with Crippen LogP contribution in [0.15, 0.2) is 95.9 Å². The molecule has 2 amide bonds. The Bertz CT molecular complexity index is 2140. The molecule has 0 atom stereocenters. The van der Waals surface area contributed by atoms with Gasteiger partial charge in [-0.05, 0) is 124 Å². The molecule has 302 valence electrons. The van der Waals surface area contributed by atoms with Gasteiger partial charge >= 0.3 is 11.9 Å². The molecule has 0 aromatic heterocycles. The SMILES string of the molecule is CCN(CC)c1ccc(NC(=O)c2cccc(S(=O)(=O)N(CC)C3CCC(C(=O)OC)CC3)c2)c(C(=O)Nc2ccc(CCc3ccc(C(=O)OC)cc3)cc2)c1. The number of nitrogens with zero attached hydrogens (tertiary/aromatic N) is 2. The lowest BCUT2D eigenvalue weighted by molar-refractivity contribution is -0.146. The van der Waals surface area contributed by atoms with Crippen LogP contribution in [-0.2, 0) is 37.1 Å². The van der Waals surface area contributed by atoms with Gasteiger partial charge in [0, 0.05) is 42.6 Å². The van der Waals surface area contributed by atoms with Gasteiger partial charge in [-0.25, -0.2) is 13.2 Å². The van der Waals surface area contributed by atoms with Gasteiger partial charge in [0.2, 0.25) is 10.0 Å². The third-order valence-corrected chi connectivity index (χ3v) is 12.6. The Balaban J connectivity index is 1.30. The van der Waals surface area contributed by atoms with Crippen LogP contribution in [0.4, 0.5) is 17.1 Å². The lowest BCUT2D eigenvalue weighted by Gasteiger charge is -2.34. The van der Waals surface area contributed by atoms with Crippen molar-refractivity contribution >= 4 is 50.8 Å². The van der Waals surface area contributed by atoms with Gasteiger partial charge in [0.05, 0.1) is 41.8 Å². The van der Waals surface area contributed by atoms with E-state index in [-0.39, 0.29) is 52.2 Å². The van der Waals surface area contributed by atoms with E-state index in [4.69, 9.17) is 9.47 Å². The summed E-state index contributed by atoms with van der Waals surface area (Å²) in [5, 5.41) is 5.83. The van der Waals surface area contributed by atoms with Crippen molar-refractivity contribution in [2.24, 2.45) is 5.92 Å².